The zero-order chi connectivity index (χ0) is 14.2. The highest BCUT2D eigenvalue weighted by Crippen LogP contribution is 2.36. The Balaban J connectivity index is 1.79. The standard InChI is InChI=1S/C18H21N3/c1-2-9-19-11-12-21-16-7-4-3-6-15(16)13-20-10-5-8-17(20)18(21)14-19/h2-8,10,18H,1,9,11-14H2. The molecule has 0 N–H and O–H groups in total. The van der Waals surface area contributed by atoms with Gasteiger partial charge < -0.3 is 9.47 Å². The molecule has 3 heterocycles. The highest BCUT2D eigenvalue weighted by atomic mass is 15.3. The van der Waals surface area contributed by atoms with E-state index in [1.165, 1.54) is 16.9 Å². The Morgan fingerprint density at radius 2 is 2.05 bits per heavy atom. The number of fused-ring (bicyclic) bond motifs is 5. The molecule has 1 aromatic heterocycles. The molecule has 1 saturated heterocycles. The molecule has 1 fully saturated rings. The van der Waals surface area contributed by atoms with E-state index in [0.717, 1.165) is 32.7 Å². The highest BCUT2D eigenvalue weighted by molar-refractivity contribution is 5.57. The lowest BCUT2D eigenvalue weighted by Gasteiger charge is -2.42. The summed E-state index contributed by atoms with van der Waals surface area (Å²) in [5, 5.41) is 0. The molecule has 0 spiro atoms. The summed E-state index contributed by atoms with van der Waals surface area (Å²) >= 11 is 0. The largest absolute Gasteiger partial charge is 0.360 e. The first kappa shape index (κ1) is 12.7. The summed E-state index contributed by atoms with van der Waals surface area (Å²) < 4.78 is 2.40. The quantitative estimate of drug-likeness (QED) is 0.783. The molecule has 2 aliphatic heterocycles. The van der Waals surface area contributed by atoms with Crippen molar-refractivity contribution in [2.75, 3.05) is 31.1 Å². The molecule has 3 nitrogen and oxygen atoms in total. The van der Waals surface area contributed by atoms with E-state index in [2.05, 4.69) is 63.5 Å². The lowest BCUT2D eigenvalue weighted by Crippen LogP contribution is -2.48. The zero-order valence-corrected chi connectivity index (χ0v) is 12.3. The van der Waals surface area contributed by atoms with Crippen LogP contribution in [-0.2, 0) is 6.54 Å². The second kappa shape index (κ2) is 5.08. The Labute approximate surface area is 126 Å². The molecule has 3 heteroatoms. The Kier molecular flexibility index (Phi) is 3.08. The van der Waals surface area contributed by atoms with Crippen molar-refractivity contribution in [1.29, 1.82) is 0 Å². The average Bonchev–Trinajstić information content (AvgIpc) is 2.92. The predicted octanol–water partition coefficient (Wildman–Crippen LogP) is 2.90. The van der Waals surface area contributed by atoms with Crippen LogP contribution in [0, 0.1) is 0 Å². The molecule has 0 saturated carbocycles. The van der Waals surface area contributed by atoms with E-state index < -0.39 is 0 Å². The molecule has 2 aromatic rings. The average molecular weight is 279 g/mol. The van der Waals surface area contributed by atoms with Crippen molar-refractivity contribution in [2.24, 2.45) is 0 Å². The number of para-hydroxylation sites is 1. The van der Waals surface area contributed by atoms with Crippen LogP contribution < -0.4 is 4.90 Å². The number of hydrogen-bond acceptors (Lipinski definition) is 2. The lowest BCUT2D eigenvalue weighted by atomic mass is 10.1. The molecular weight excluding hydrogens is 258 g/mol. The number of hydrogen-bond donors (Lipinski definition) is 0. The van der Waals surface area contributed by atoms with Crippen LogP contribution >= 0.6 is 0 Å². The maximum atomic E-state index is 3.89. The Morgan fingerprint density at radius 3 is 2.95 bits per heavy atom. The number of rotatable bonds is 2. The fourth-order valence-electron chi connectivity index (χ4n) is 3.71. The van der Waals surface area contributed by atoms with E-state index in [0.29, 0.717) is 6.04 Å². The van der Waals surface area contributed by atoms with Gasteiger partial charge in [-0.05, 0) is 23.8 Å². The molecule has 1 unspecified atom stereocenters. The first-order valence-corrected chi connectivity index (χ1v) is 7.69. The number of aromatic nitrogens is 1. The predicted molar refractivity (Wildman–Crippen MR) is 86.7 cm³/mol. The van der Waals surface area contributed by atoms with Crippen molar-refractivity contribution in [3.05, 3.63) is 66.5 Å². The van der Waals surface area contributed by atoms with Gasteiger partial charge >= 0.3 is 0 Å². The molecule has 0 bridgehead atoms. The monoisotopic (exact) mass is 279 g/mol. The third kappa shape index (κ3) is 2.09. The molecule has 1 atom stereocenters. The third-order valence-electron chi connectivity index (χ3n) is 4.70. The summed E-state index contributed by atoms with van der Waals surface area (Å²) in [6.07, 6.45) is 4.22. The van der Waals surface area contributed by atoms with Gasteiger partial charge in [0.2, 0.25) is 0 Å². The van der Waals surface area contributed by atoms with Crippen LogP contribution in [0.5, 0.6) is 0 Å². The van der Waals surface area contributed by atoms with Crippen molar-refractivity contribution < 1.29 is 0 Å². The van der Waals surface area contributed by atoms with Crippen molar-refractivity contribution in [3.63, 3.8) is 0 Å². The first-order valence-electron chi connectivity index (χ1n) is 7.69. The van der Waals surface area contributed by atoms with Gasteiger partial charge in [-0.3, -0.25) is 4.90 Å². The fraction of sp³-hybridized carbons (Fsp3) is 0.333. The maximum Gasteiger partial charge on any atom is 0.0821 e. The second-order valence-corrected chi connectivity index (χ2v) is 5.95. The SMILES string of the molecule is C=CCN1CCN2c3ccccc3Cn3cccc3C2C1. The van der Waals surface area contributed by atoms with E-state index in [1.54, 1.807) is 0 Å². The topological polar surface area (TPSA) is 11.4 Å². The lowest BCUT2D eigenvalue weighted by molar-refractivity contribution is 0.242. The normalized spacial score (nSPS) is 21.1. The summed E-state index contributed by atoms with van der Waals surface area (Å²) in [6, 6.07) is 13.7. The summed E-state index contributed by atoms with van der Waals surface area (Å²) in [7, 11) is 0. The maximum absolute atomic E-state index is 3.89. The smallest absolute Gasteiger partial charge is 0.0821 e. The summed E-state index contributed by atoms with van der Waals surface area (Å²) in [4.78, 5) is 5.09. The Bertz CT molecular complexity index is 658. The minimum atomic E-state index is 0.442. The summed E-state index contributed by atoms with van der Waals surface area (Å²) in [6.45, 7) is 9.11. The van der Waals surface area contributed by atoms with Crippen LogP contribution in [-0.4, -0.2) is 35.6 Å². The van der Waals surface area contributed by atoms with Crippen LogP contribution in [0.15, 0.2) is 55.3 Å². The molecule has 108 valence electrons. The van der Waals surface area contributed by atoms with Gasteiger partial charge in [-0.1, -0.05) is 24.3 Å². The number of nitrogens with zero attached hydrogens (tertiary/aromatic N) is 3. The van der Waals surface area contributed by atoms with Gasteiger partial charge in [0.25, 0.3) is 0 Å². The number of piperazine rings is 1. The molecule has 4 rings (SSSR count). The summed E-state index contributed by atoms with van der Waals surface area (Å²) in [5.74, 6) is 0. The van der Waals surface area contributed by atoms with Gasteiger partial charge in [0, 0.05) is 50.3 Å². The highest BCUT2D eigenvalue weighted by Gasteiger charge is 2.32. The van der Waals surface area contributed by atoms with Gasteiger partial charge in [0.15, 0.2) is 0 Å². The molecule has 0 radical (unpaired) electrons. The molecule has 0 amide bonds. The molecule has 21 heavy (non-hydrogen) atoms. The van der Waals surface area contributed by atoms with E-state index in [9.17, 15) is 0 Å². The second-order valence-electron chi connectivity index (χ2n) is 5.95. The van der Waals surface area contributed by atoms with Crippen LogP contribution in [0.25, 0.3) is 0 Å². The molecule has 0 aliphatic carbocycles. The Morgan fingerprint density at radius 1 is 1.14 bits per heavy atom. The summed E-state index contributed by atoms with van der Waals surface area (Å²) in [5.41, 5.74) is 4.26. The van der Waals surface area contributed by atoms with Crippen LogP contribution in [0.2, 0.25) is 0 Å². The van der Waals surface area contributed by atoms with E-state index >= 15 is 0 Å². The molecule has 1 aromatic carbocycles. The number of benzene rings is 1. The molecular formula is C18H21N3. The van der Waals surface area contributed by atoms with E-state index in [-0.39, 0.29) is 0 Å². The minimum Gasteiger partial charge on any atom is -0.360 e. The van der Waals surface area contributed by atoms with Gasteiger partial charge in [-0.15, -0.1) is 6.58 Å². The van der Waals surface area contributed by atoms with Crippen molar-refractivity contribution in [3.8, 4) is 0 Å². The van der Waals surface area contributed by atoms with Gasteiger partial charge in [0.1, 0.15) is 0 Å². The van der Waals surface area contributed by atoms with Crippen LogP contribution in [0.1, 0.15) is 17.3 Å². The number of anilines is 1. The molecule has 2 aliphatic rings. The van der Waals surface area contributed by atoms with Crippen molar-refractivity contribution >= 4 is 5.69 Å². The van der Waals surface area contributed by atoms with Crippen molar-refractivity contribution in [2.45, 2.75) is 12.6 Å². The van der Waals surface area contributed by atoms with E-state index in [4.69, 9.17) is 0 Å². The van der Waals surface area contributed by atoms with Gasteiger partial charge in [-0.2, -0.15) is 0 Å². The van der Waals surface area contributed by atoms with Crippen molar-refractivity contribution in [1.82, 2.24) is 9.47 Å². The first-order chi connectivity index (χ1) is 10.4. The Hall–Kier alpha value is -2.00. The van der Waals surface area contributed by atoms with E-state index in [1.807, 2.05) is 6.08 Å². The zero-order valence-electron chi connectivity index (χ0n) is 12.3. The van der Waals surface area contributed by atoms with Gasteiger partial charge in [0.05, 0.1) is 6.04 Å². The van der Waals surface area contributed by atoms with Crippen LogP contribution in [0.3, 0.4) is 0 Å². The van der Waals surface area contributed by atoms with Gasteiger partial charge in [-0.25, -0.2) is 0 Å². The van der Waals surface area contributed by atoms with Crippen LogP contribution in [0.4, 0.5) is 5.69 Å². The third-order valence-corrected chi connectivity index (χ3v) is 4.70. The minimum absolute atomic E-state index is 0.442. The fourth-order valence-corrected chi connectivity index (χ4v) is 3.71.